The molecule has 0 saturated heterocycles. The van der Waals surface area contributed by atoms with E-state index in [2.05, 4.69) is 15.6 Å². The molecule has 0 spiro atoms. The van der Waals surface area contributed by atoms with Gasteiger partial charge in [0.25, 0.3) is 0 Å². The van der Waals surface area contributed by atoms with Crippen molar-refractivity contribution in [2.45, 2.75) is 87.5 Å². The maximum Gasteiger partial charge on any atom is 0.407 e. The van der Waals surface area contributed by atoms with E-state index < -0.39 is 9.73 Å². The molecule has 3 N–H and O–H groups in total. The Labute approximate surface area is 204 Å². The fourth-order valence-corrected chi connectivity index (χ4v) is 7.49. The van der Waals surface area contributed by atoms with Gasteiger partial charge in [-0.1, -0.05) is 6.07 Å². The number of ether oxygens (including phenoxy) is 1. The summed E-state index contributed by atoms with van der Waals surface area (Å²) in [5.41, 5.74) is 1.31. The first kappa shape index (κ1) is 24.7. The number of thiazole rings is 1. The molecule has 2 fully saturated rings. The Kier molecular flexibility index (Phi) is 7.28. The molecule has 1 heterocycles. The predicted octanol–water partition coefficient (Wildman–Crippen LogP) is 5.50. The number of aromatic nitrogens is 1. The van der Waals surface area contributed by atoms with Gasteiger partial charge in [0.2, 0.25) is 5.91 Å². The van der Waals surface area contributed by atoms with Gasteiger partial charge in [0.05, 0.1) is 30.6 Å². The molecule has 0 radical (unpaired) electrons. The van der Waals surface area contributed by atoms with Crippen LogP contribution in [0.5, 0.6) is 0 Å². The summed E-state index contributed by atoms with van der Waals surface area (Å²) in [6.45, 7) is 5.09. The second-order valence-electron chi connectivity index (χ2n) is 9.40. The van der Waals surface area contributed by atoms with Crippen LogP contribution in [0.4, 0.5) is 10.5 Å². The van der Waals surface area contributed by atoms with Crippen molar-refractivity contribution in [1.29, 1.82) is 4.78 Å². The minimum Gasteiger partial charge on any atom is -0.447 e. The summed E-state index contributed by atoms with van der Waals surface area (Å²) in [6, 6.07) is 5.43. The van der Waals surface area contributed by atoms with Gasteiger partial charge in [-0.15, -0.1) is 11.3 Å². The van der Waals surface area contributed by atoms with Crippen LogP contribution in [0, 0.1) is 4.78 Å². The van der Waals surface area contributed by atoms with Gasteiger partial charge in [-0.05, 0) is 64.5 Å². The van der Waals surface area contributed by atoms with Crippen LogP contribution in [-0.4, -0.2) is 38.6 Å². The van der Waals surface area contributed by atoms with Crippen LogP contribution in [0.15, 0.2) is 29.3 Å². The summed E-state index contributed by atoms with van der Waals surface area (Å²) < 4.78 is 27.2. The van der Waals surface area contributed by atoms with E-state index in [0.29, 0.717) is 16.5 Å². The summed E-state index contributed by atoms with van der Waals surface area (Å²) >= 11 is 1.58. The predicted molar refractivity (Wildman–Crippen MR) is 134 cm³/mol. The molecule has 0 aliphatic heterocycles. The van der Waals surface area contributed by atoms with Gasteiger partial charge in [0.1, 0.15) is 0 Å². The second-order valence-corrected chi connectivity index (χ2v) is 12.8. The normalized spacial score (nSPS) is 22.1. The Hall–Kier alpha value is -2.46. The van der Waals surface area contributed by atoms with Crippen LogP contribution in [0.25, 0.3) is 10.4 Å². The zero-order chi connectivity index (χ0) is 24.5. The molecule has 1 aromatic heterocycles. The maximum absolute atomic E-state index is 13.4. The number of rotatable bonds is 7. The number of nitrogens with one attached hydrogen (secondary N) is 3. The van der Waals surface area contributed by atoms with Gasteiger partial charge in [-0.25, -0.2) is 18.8 Å². The smallest absolute Gasteiger partial charge is 0.407 e. The van der Waals surface area contributed by atoms with Gasteiger partial charge in [0, 0.05) is 41.6 Å². The average molecular weight is 505 g/mol. The molecule has 10 heteroatoms. The average Bonchev–Trinajstić information content (AvgIpc) is 3.52. The van der Waals surface area contributed by atoms with Gasteiger partial charge >= 0.3 is 6.09 Å². The molecule has 1 unspecified atom stereocenters. The van der Waals surface area contributed by atoms with Gasteiger partial charge < -0.3 is 15.4 Å². The third kappa shape index (κ3) is 5.78. The number of amides is 2. The zero-order valence-corrected chi connectivity index (χ0v) is 21.4. The van der Waals surface area contributed by atoms with Crippen molar-refractivity contribution in [2.24, 2.45) is 0 Å². The van der Waals surface area contributed by atoms with E-state index in [1.54, 1.807) is 23.5 Å². The second kappa shape index (κ2) is 10.0. The Balaban J connectivity index is 1.50. The lowest BCUT2D eigenvalue weighted by Crippen LogP contribution is -2.38. The van der Waals surface area contributed by atoms with E-state index in [1.807, 2.05) is 26.1 Å². The SMILES string of the molecule is CC(=O)Nc1ccc(-c2cnc([C@H]3CC[C@H](NC(=O)OC(C)C)CC3)s2)c(S(=N)(=O)C2CC2)c1. The molecule has 2 aromatic rings. The first-order chi connectivity index (χ1) is 16.1. The van der Waals surface area contributed by atoms with Crippen molar-refractivity contribution < 1.29 is 18.5 Å². The van der Waals surface area contributed by atoms with E-state index in [9.17, 15) is 13.8 Å². The number of hydrogen-bond acceptors (Lipinski definition) is 7. The highest BCUT2D eigenvalue weighted by atomic mass is 32.2. The lowest BCUT2D eigenvalue weighted by Gasteiger charge is -2.28. The number of hydrogen-bond donors (Lipinski definition) is 3. The minimum absolute atomic E-state index is 0.112. The minimum atomic E-state index is -2.97. The molecule has 2 aliphatic rings. The van der Waals surface area contributed by atoms with Gasteiger partial charge in [-0.2, -0.15) is 0 Å². The molecular formula is C24H32N4O4S2. The van der Waals surface area contributed by atoms with Crippen molar-refractivity contribution in [1.82, 2.24) is 10.3 Å². The maximum atomic E-state index is 13.4. The number of carbonyl (C=O) groups excluding carboxylic acids is 2. The summed E-state index contributed by atoms with van der Waals surface area (Å²) in [5, 5.41) is 6.59. The van der Waals surface area contributed by atoms with Crippen LogP contribution in [0.3, 0.4) is 0 Å². The fraction of sp³-hybridized carbons (Fsp3) is 0.542. The van der Waals surface area contributed by atoms with E-state index in [4.69, 9.17) is 9.52 Å². The van der Waals surface area contributed by atoms with E-state index in [0.717, 1.165) is 54.0 Å². The third-order valence-corrected chi connectivity index (χ3v) is 9.75. The molecule has 34 heavy (non-hydrogen) atoms. The zero-order valence-electron chi connectivity index (χ0n) is 19.8. The summed E-state index contributed by atoms with van der Waals surface area (Å²) in [5.74, 6) is 0.105. The summed E-state index contributed by atoms with van der Waals surface area (Å²) in [7, 11) is -2.97. The highest BCUT2D eigenvalue weighted by molar-refractivity contribution is 7.93. The molecule has 0 bridgehead atoms. The molecule has 1 aromatic carbocycles. The van der Waals surface area contributed by atoms with Crippen molar-refractivity contribution in [3.8, 4) is 10.4 Å². The van der Waals surface area contributed by atoms with Crippen molar-refractivity contribution in [3.05, 3.63) is 29.4 Å². The number of alkyl carbamates (subject to hydrolysis) is 1. The summed E-state index contributed by atoms with van der Waals surface area (Å²) in [6.07, 6.45) is 6.47. The van der Waals surface area contributed by atoms with E-state index >= 15 is 0 Å². The third-order valence-electron chi connectivity index (χ3n) is 6.15. The number of carbonyl (C=O) groups is 2. The van der Waals surface area contributed by atoms with Crippen LogP contribution in [0.2, 0.25) is 0 Å². The first-order valence-corrected chi connectivity index (χ1v) is 14.2. The van der Waals surface area contributed by atoms with Crippen LogP contribution in [-0.2, 0) is 19.3 Å². The number of benzene rings is 1. The van der Waals surface area contributed by atoms with Gasteiger partial charge in [0.15, 0.2) is 0 Å². The molecule has 2 amide bonds. The highest BCUT2D eigenvalue weighted by Gasteiger charge is 2.36. The first-order valence-electron chi connectivity index (χ1n) is 11.8. The Morgan fingerprint density at radius 3 is 2.50 bits per heavy atom. The van der Waals surface area contributed by atoms with Crippen LogP contribution >= 0.6 is 11.3 Å². The lowest BCUT2D eigenvalue weighted by molar-refractivity contribution is -0.114. The molecule has 2 saturated carbocycles. The van der Waals surface area contributed by atoms with Crippen molar-refractivity contribution >= 4 is 38.8 Å². The van der Waals surface area contributed by atoms with Crippen LogP contribution in [0.1, 0.15) is 70.2 Å². The number of nitrogens with zero attached hydrogens (tertiary/aromatic N) is 1. The topological polar surface area (TPSA) is 121 Å². The van der Waals surface area contributed by atoms with E-state index in [-0.39, 0.29) is 29.4 Å². The van der Waals surface area contributed by atoms with Crippen molar-refractivity contribution in [3.63, 3.8) is 0 Å². The Morgan fingerprint density at radius 2 is 1.88 bits per heavy atom. The Bertz CT molecular complexity index is 1160. The standard InChI is InChI=1S/C24H32N4O4S2/c1-14(2)32-24(30)28-17-6-4-16(5-7-17)23-26-13-21(33-23)20-11-8-18(27-15(3)29)12-22(20)34(25,31)19-9-10-19/h8,11-14,16-17,19,25H,4-7,9-10H2,1-3H3,(H,27,29)(H,28,30)/t16-,17-,34?. The quantitative estimate of drug-likeness (QED) is 0.460. The molecule has 8 nitrogen and oxygen atoms in total. The Morgan fingerprint density at radius 1 is 1.18 bits per heavy atom. The molecular weight excluding hydrogens is 472 g/mol. The molecule has 1 atom stereocenters. The van der Waals surface area contributed by atoms with E-state index in [1.165, 1.54) is 6.92 Å². The van der Waals surface area contributed by atoms with Gasteiger partial charge in [-0.3, -0.25) is 4.79 Å². The lowest BCUT2D eigenvalue weighted by atomic mass is 9.86. The monoisotopic (exact) mass is 504 g/mol. The molecule has 2 aliphatic carbocycles. The van der Waals surface area contributed by atoms with Crippen LogP contribution < -0.4 is 10.6 Å². The summed E-state index contributed by atoms with van der Waals surface area (Å²) in [4.78, 5) is 29.4. The molecule has 184 valence electrons. The fourth-order valence-electron chi connectivity index (χ4n) is 4.34. The molecule has 4 rings (SSSR count). The largest absolute Gasteiger partial charge is 0.447 e. The van der Waals surface area contributed by atoms with Crippen molar-refractivity contribution in [2.75, 3.05) is 5.32 Å². The number of anilines is 1. The highest BCUT2D eigenvalue weighted by Crippen LogP contribution is 2.43.